The van der Waals surface area contributed by atoms with Crippen LogP contribution in [0.5, 0.6) is 0 Å². The maximum Gasteiger partial charge on any atom is 0.337 e. The van der Waals surface area contributed by atoms with Crippen molar-refractivity contribution in [3.63, 3.8) is 0 Å². The number of pyridine rings is 1. The van der Waals surface area contributed by atoms with Crippen LogP contribution < -0.4 is 0 Å². The number of nitrogens with zero attached hydrogens (tertiary/aromatic N) is 1. The number of carbonyl (C=O) groups is 1. The standard InChI is InChI=1S/C13H7ClF3NO2/c14-9-2-1-8(12(16)17)10(11(9)15)6-3-7(13(19)20)5-18-4-6/h1-5,12H,(H,19,20). The van der Waals surface area contributed by atoms with Crippen LogP contribution in [-0.2, 0) is 0 Å². The van der Waals surface area contributed by atoms with E-state index in [-0.39, 0.29) is 16.1 Å². The van der Waals surface area contributed by atoms with E-state index in [1.54, 1.807) is 0 Å². The highest BCUT2D eigenvalue weighted by atomic mass is 35.5. The van der Waals surface area contributed by atoms with E-state index < -0.39 is 29.3 Å². The molecule has 0 spiro atoms. The molecule has 0 bridgehead atoms. The fourth-order valence-electron chi connectivity index (χ4n) is 1.73. The first kappa shape index (κ1) is 14.3. The Bertz CT molecular complexity index is 677. The largest absolute Gasteiger partial charge is 0.478 e. The second-order valence-corrected chi connectivity index (χ2v) is 4.30. The van der Waals surface area contributed by atoms with E-state index in [0.29, 0.717) is 0 Å². The molecule has 0 amide bonds. The van der Waals surface area contributed by atoms with Crippen molar-refractivity contribution in [3.8, 4) is 11.1 Å². The lowest BCUT2D eigenvalue weighted by atomic mass is 9.99. The van der Waals surface area contributed by atoms with Crippen molar-refractivity contribution < 1.29 is 23.1 Å². The third-order valence-electron chi connectivity index (χ3n) is 2.64. The summed E-state index contributed by atoms with van der Waals surface area (Å²) in [6, 6.07) is 3.09. The molecule has 3 nitrogen and oxygen atoms in total. The van der Waals surface area contributed by atoms with E-state index in [0.717, 1.165) is 30.6 Å². The summed E-state index contributed by atoms with van der Waals surface area (Å²) in [7, 11) is 0. The number of carboxylic acid groups (broad SMARTS) is 1. The van der Waals surface area contributed by atoms with Crippen molar-refractivity contribution in [1.82, 2.24) is 4.98 Å². The molecule has 0 unspecified atom stereocenters. The summed E-state index contributed by atoms with van der Waals surface area (Å²) >= 11 is 5.59. The number of hydrogen-bond acceptors (Lipinski definition) is 2. The zero-order chi connectivity index (χ0) is 14.9. The van der Waals surface area contributed by atoms with Crippen LogP contribution in [0.15, 0.2) is 30.6 Å². The molecule has 104 valence electrons. The fraction of sp³-hybridized carbons (Fsp3) is 0.0769. The fourth-order valence-corrected chi connectivity index (χ4v) is 1.89. The third-order valence-corrected chi connectivity index (χ3v) is 2.93. The van der Waals surface area contributed by atoms with E-state index in [2.05, 4.69) is 4.98 Å². The highest BCUT2D eigenvalue weighted by Crippen LogP contribution is 2.36. The summed E-state index contributed by atoms with van der Waals surface area (Å²) in [5.41, 5.74) is -1.32. The first-order valence-electron chi connectivity index (χ1n) is 5.36. The molecule has 2 rings (SSSR count). The maximum absolute atomic E-state index is 14.0. The molecule has 0 aliphatic carbocycles. The molecular weight excluding hydrogens is 295 g/mol. The van der Waals surface area contributed by atoms with Crippen LogP contribution in [0.2, 0.25) is 5.02 Å². The quantitative estimate of drug-likeness (QED) is 0.925. The van der Waals surface area contributed by atoms with E-state index in [1.807, 2.05) is 0 Å². The van der Waals surface area contributed by atoms with Gasteiger partial charge in [-0.15, -0.1) is 0 Å². The first-order chi connectivity index (χ1) is 9.41. The molecule has 2 aromatic rings. The monoisotopic (exact) mass is 301 g/mol. The molecule has 0 aliphatic rings. The molecule has 7 heteroatoms. The van der Waals surface area contributed by atoms with Gasteiger partial charge in [0, 0.05) is 29.1 Å². The van der Waals surface area contributed by atoms with Gasteiger partial charge >= 0.3 is 5.97 Å². The second-order valence-electron chi connectivity index (χ2n) is 3.89. The van der Waals surface area contributed by atoms with Crippen LogP contribution in [0.3, 0.4) is 0 Å². The molecule has 0 saturated heterocycles. The highest BCUT2D eigenvalue weighted by Gasteiger charge is 2.21. The number of benzene rings is 1. The smallest absolute Gasteiger partial charge is 0.337 e. The Labute approximate surface area is 116 Å². The van der Waals surface area contributed by atoms with Gasteiger partial charge in [-0.2, -0.15) is 0 Å². The Kier molecular flexibility index (Phi) is 3.94. The molecule has 20 heavy (non-hydrogen) atoms. The van der Waals surface area contributed by atoms with Gasteiger partial charge in [0.15, 0.2) is 0 Å². The van der Waals surface area contributed by atoms with Gasteiger partial charge in [-0.3, -0.25) is 4.98 Å². The van der Waals surface area contributed by atoms with Crippen molar-refractivity contribution in [3.05, 3.63) is 52.6 Å². The topological polar surface area (TPSA) is 50.2 Å². The van der Waals surface area contributed by atoms with Gasteiger partial charge in [0.1, 0.15) is 5.82 Å². The third kappa shape index (κ3) is 2.60. The van der Waals surface area contributed by atoms with Gasteiger partial charge in [0.2, 0.25) is 0 Å². The molecule has 1 aromatic carbocycles. The van der Waals surface area contributed by atoms with Gasteiger partial charge in [-0.1, -0.05) is 17.7 Å². The SMILES string of the molecule is O=C(O)c1cncc(-c2c(C(F)F)ccc(Cl)c2F)c1. The number of alkyl halides is 2. The van der Waals surface area contributed by atoms with E-state index in [1.165, 1.54) is 0 Å². The normalized spacial score (nSPS) is 10.8. The van der Waals surface area contributed by atoms with Crippen molar-refractivity contribution in [1.29, 1.82) is 0 Å². The van der Waals surface area contributed by atoms with Gasteiger partial charge in [-0.25, -0.2) is 18.0 Å². The first-order valence-corrected chi connectivity index (χ1v) is 5.74. The van der Waals surface area contributed by atoms with Crippen molar-refractivity contribution in [2.45, 2.75) is 6.43 Å². The predicted molar refractivity (Wildman–Crippen MR) is 66.6 cm³/mol. The molecule has 1 N–H and O–H groups in total. The summed E-state index contributed by atoms with van der Waals surface area (Å²) < 4.78 is 39.9. The van der Waals surface area contributed by atoms with Gasteiger partial charge < -0.3 is 5.11 Å². The summed E-state index contributed by atoms with van der Waals surface area (Å²) in [6.07, 6.45) is -0.783. The number of aromatic carboxylic acids is 1. The van der Waals surface area contributed by atoms with Crippen molar-refractivity contribution in [2.24, 2.45) is 0 Å². The van der Waals surface area contributed by atoms with Crippen LogP contribution in [0.25, 0.3) is 11.1 Å². The maximum atomic E-state index is 14.0. The number of halogens is 4. The minimum Gasteiger partial charge on any atom is -0.478 e. The summed E-state index contributed by atoms with van der Waals surface area (Å²) in [4.78, 5) is 14.5. The summed E-state index contributed by atoms with van der Waals surface area (Å²) in [5.74, 6) is -2.32. The highest BCUT2D eigenvalue weighted by molar-refractivity contribution is 6.31. The van der Waals surface area contributed by atoms with Crippen LogP contribution in [0.4, 0.5) is 13.2 Å². The predicted octanol–water partition coefficient (Wildman–Crippen LogP) is 4.18. The Morgan fingerprint density at radius 2 is 2.00 bits per heavy atom. The second kappa shape index (κ2) is 5.50. The van der Waals surface area contributed by atoms with Crippen LogP contribution in [-0.4, -0.2) is 16.1 Å². The van der Waals surface area contributed by atoms with Gasteiger partial charge in [0.25, 0.3) is 6.43 Å². The molecule has 0 radical (unpaired) electrons. The zero-order valence-corrected chi connectivity index (χ0v) is 10.5. The van der Waals surface area contributed by atoms with Crippen molar-refractivity contribution >= 4 is 17.6 Å². The zero-order valence-electron chi connectivity index (χ0n) is 9.78. The molecule has 0 aliphatic heterocycles. The van der Waals surface area contributed by atoms with Gasteiger partial charge in [0.05, 0.1) is 10.6 Å². The van der Waals surface area contributed by atoms with E-state index >= 15 is 0 Å². The number of hydrogen-bond donors (Lipinski definition) is 1. The van der Waals surface area contributed by atoms with Crippen LogP contribution in [0.1, 0.15) is 22.3 Å². The van der Waals surface area contributed by atoms with Gasteiger partial charge in [-0.05, 0) is 12.1 Å². The number of aromatic nitrogens is 1. The molecule has 0 fully saturated rings. The minimum atomic E-state index is -2.93. The number of rotatable bonds is 3. The average Bonchev–Trinajstić information content (AvgIpc) is 2.41. The van der Waals surface area contributed by atoms with E-state index in [4.69, 9.17) is 16.7 Å². The molecule has 1 heterocycles. The Morgan fingerprint density at radius 1 is 1.30 bits per heavy atom. The Balaban J connectivity index is 2.71. The lowest BCUT2D eigenvalue weighted by Gasteiger charge is -2.11. The summed E-state index contributed by atoms with van der Waals surface area (Å²) in [5, 5.41) is 8.52. The van der Waals surface area contributed by atoms with E-state index in [9.17, 15) is 18.0 Å². The van der Waals surface area contributed by atoms with Crippen LogP contribution in [0, 0.1) is 5.82 Å². The average molecular weight is 302 g/mol. The van der Waals surface area contributed by atoms with Crippen molar-refractivity contribution in [2.75, 3.05) is 0 Å². The lowest BCUT2D eigenvalue weighted by Crippen LogP contribution is -2.00. The number of carboxylic acids is 1. The minimum absolute atomic E-state index is 0.0693. The lowest BCUT2D eigenvalue weighted by molar-refractivity contribution is 0.0696. The summed E-state index contributed by atoms with van der Waals surface area (Å²) in [6.45, 7) is 0. The Morgan fingerprint density at radius 3 is 2.60 bits per heavy atom. The molecule has 1 aromatic heterocycles. The van der Waals surface area contributed by atoms with Crippen LogP contribution >= 0.6 is 11.6 Å². The molecule has 0 atom stereocenters. The molecule has 0 saturated carbocycles. The Hall–Kier alpha value is -2.08. The molecular formula is C13H7ClF3NO2.